The normalized spacial score (nSPS) is 37.6. The molecular formula is C40H62N2O14. The lowest BCUT2D eigenvalue weighted by Crippen LogP contribution is -2.61. The molecule has 0 amide bonds. The van der Waals surface area contributed by atoms with Crippen LogP contribution in [0.5, 0.6) is 0 Å². The Labute approximate surface area is 329 Å². The zero-order chi connectivity index (χ0) is 42.4. The van der Waals surface area contributed by atoms with Crippen LogP contribution in [0.2, 0.25) is 0 Å². The maximum Gasteiger partial charge on any atom is 0.312 e. The second-order valence-corrected chi connectivity index (χ2v) is 16.2. The summed E-state index contributed by atoms with van der Waals surface area (Å²) in [6, 6.07) is 5.06. The Hall–Kier alpha value is -3.54. The van der Waals surface area contributed by atoms with Gasteiger partial charge in [-0.2, -0.15) is 0 Å². The van der Waals surface area contributed by atoms with Gasteiger partial charge in [-0.1, -0.05) is 39.8 Å². The Morgan fingerprint density at radius 1 is 1.02 bits per heavy atom. The molecule has 0 aromatic heterocycles. The van der Waals surface area contributed by atoms with Crippen molar-refractivity contribution in [1.29, 1.82) is 0 Å². The van der Waals surface area contributed by atoms with E-state index in [0.717, 1.165) is 0 Å². The van der Waals surface area contributed by atoms with Crippen LogP contribution in [0.15, 0.2) is 24.3 Å². The van der Waals surface area contributed by atoms with Gasteiger partial charge in [-0.05, 0) is 66.6 Å². The van der Waals surface area contributed by atoms with Crippen molar-refractivity contribution in [3.8, 4) is 0 Å². The Bertz CT molecular complexity index is 1530. The first kappa shape index (κ1) is 46.8. The quantitative estimate of drug-likeness (QED) is 0.149. The van der Waals surface area contributed by atoms with E-state index >= 15 is 0 Å². The summed E-state index contributed by atoms with van der Waals surface area (Å²) in [5, 5.41) is 34.2. The predicted molar refractivity (Wildman–Crippen MR) is 202 cm³/mol. The van der Waals surface area contributed by atoms with Crippen molar-refractivity contribution < 1.29 is 62.7 Å². The molecule has 16 heteroatoms. The number of ketones is 1. The highest BCUT2D eigenvalue weighted by atomic mass is 16.7. The molecule has 56 heavy (non-hydrogen) atoms. The summed E-state index contributed by atoms with van der Waals surface area (Å²) in [5.41, 5.74) is -3.17. The van der Waals surface area contributed by atoms with Gasteiger partial charge < -0.3 is 43.5 Å². The molecule has 3 rings (SSSR count). The first-order chi connectivity index (χ1) is 26.0. The van der Waals surface area contributed by atoms with E-state index in [1.165, 1.54) is 59.1 Å². The highest BCUT2D eigenvalue weighted by Gasteiger charge is 2.53. The molecule has 2 heterocycles. The minimum atomic E-state index is -2.04. The van der Waals surface area contributed by atoms with Crippen LogP contribution >= 0.6 is 0 Å². The average molecular weight is 795 g/mol. The standard InChI is InChI=1S/C40H62N2O14/c1-13-30-40(9,48)35(46)23(4)32(45)21(2)20-39(8,51-12)36(56-38-34(53-26(7)43)29(41(10)11)18-22(3)52-38)24(5)33(25(6)37(47)54-30)55-31(44)19-27-14-16-28(17-15-27)42(49)50/h14-17,21-25,29-30,33-36,38,46,48H,13,18-20H2,1-12H3/t21-,22-,23+,24+,25-,29+,30-,33+,34-,35-,36-,38+,39-,40-/m1/s1. The van der Waals surface area contributed by atoms with Crippen LogP contribution in [0.3, 0.4) is 0 Å². The molecule has 2 N–H and O–H groups in total. The molecule has 2 aliphatic rings. The Morgan fingerprint density at radius 3 is 2.14 bits per heavy atom. The van der Waals surface area contributed by atoms with E-state index in [1.807, 2.05) is 25.9 Å². The topological polar surface area (TPSA) is 210 Å². The van der Waals surface area contributed by atoms with Gasteiger partial charge >= 0.3 is 17.9 Å². The summed E-state index contributed by atoms with van der Waals surface area (Å²) in [5.74, 6) is -6.58. The summed E-state index contributed by atoms with van der Waals surface area (Å²) in [7, 11) is 5.12. The number of cyclic esters (lactones) is 1. The number of Topliss-reactive ketones (excluding diaryl/α,β-unsaturated/α-hetero) is 1. The number of hydrogen-bond acceptors (Lipinski definition) is 15. The number of likely N-dealkylation sites (N-methyl/N-ethyl adjacent to an activating group) is 1. The summed E-state index contributed by atoms with van der Waals surface area (Å²) in [4.78, 5) is 66.9. The molecule has 16 nitrogen and oxygen atoms in total. The van der Waals surface area contributed by atoms with Crippen LogP contribution in [-0.2, 0) is 54.0 Å². The van der Waals surface area contributed by atoms with Crippen molar-refractivity contribution in [1.82, 2.24) is 4.90 Å². The van der Waals surface area contributed by atoms with Crippen LogP contribution in [0.4, 0.5) is 5.69 Å². The smallest absolute Gasteiger partial charge is 0.312 e. The first-order valence-corrected chi connectivity index (χ1v) is 19.3. The van der Waals surface area contributed by atoms with Crippen molar-refractivity contribution in [2.75, 3.05) is 21.2 Å². The maximum atomic E-state index is 14.1. The third kappa shape index (κ3) is 10.9. The van der Waals surface area contributed by atoms with Crippen molar-refractivity contribution >= 4 is 29.4 Å². The first-order valence-electron chi connectivity index (χ1n) is 19.3. The number of aliphatic hydroxyl groups excluding tert-OH is 1. The van der Waals surface area contributed by atoms with E-state index in [-0.39, 0.29) is 37.1 Å². The van der Waals surface area contributed by atoms with Gasteiger partial charge in [0.2, 0.25) is 0 Å². The van der Waals surface area contributed by atoms with Gasteiger partial charge in [0, 0.05) is 43.9 Å². The van der Waals surface area contributed by atoms with Gasteiger partial charge in [0.1, 0.15) is 23.6 Å². The summed E-state index contributed by atoms with van der Waals surface area (Å²) < 4.78 is 37.2. The minimum Gasteiger partial charge on any atom is -0.461 e. The van der Waals surface area contributed by atoms with Gasteiger partial charge in [0.25, 0.3) is 5.69 Å². The molecule has 0 radical (unpaired) electrons. The van der Waals surface area contributed by atoms with E-state index in [9.17, 15) is 39.5 Å². The summed E-state index contributed by atoms with van der Waals surface area (Å²) >= 11 is 0. The lowest BCUT2D eigenvalue weighted by molar-refractivity contribution is -0.384. The fraction of sp³-hybridized carbons (Fsp3) is 0.750. The van der Waals surface area contributed by atoms with Gasteiger partial charge in [-0.15, -0.1) is 0 Å². The second kappa shape index (κ2) is 19.3. The molecule has 14 atom stereocenters. The molecule has 0 aliphatic carbocycles. The number of nitro benzene ring substituents is 1. The number of esters is 3. The van der Waals surface area contributed by atoms with Crippen LogP contribution in [0.25, 0.3) is 0 Å². The molecule has 2 aliphatic heterocycles. The lowest BCUT2D eigenvalue weighted by Gasteiger charge is -2.49. The van der Waals surface area contributed by atoms with Crippen molar-refractivity contribution in [3.05, 3.63) is 39.9 Å². The van der Waals surface area contributed by atoms with Crippen molar-refractivity contribution in [2.45, 2.75) is 148 Å². The maximum absolute atomic E-state index is 14.1. The third-order valence-corrected chi connectivity index (χ3v) is 11.5. The predicted octanol–water partition coefficient (Wildman–Crippen LogP) is 3.79. The fourth-order valence-electron chi connectivity index (χ4n) is 8.18. The fourth-order valence-corrected chi connectivity index (χ4v) is 8.18. The van der Waals surface area contributed by atoms with Crippen LogP contribution in [0, 0.1) is 33.8 Å². The Morgan fingerprint density at radius 2 is 1.62 bits per heavy atom. The monoisotopic (exact) mass is 794 g/mol. The largest absolute Gasteiger partial charge is 0.461 e. The second-order valence-electron chi connectivity index (χ2n) is 16.2. The number of nitrogens with zero attached hydrogens (tertiary/aromatic N) is 2. The van der Waals surface area contributed by atoms with E-state index in [1.54, 1.807) is 27.7 Å². The number of carbonyl (C=O) groups excluding carboxylic acids is 4. The molecule has 0 saturated carbocycles. The number of benzene rings is 1. The third-order valence-electron chi connectivity index (χ3n) is 11.5. The summed E-state index contributed by atoms with van der Waals surface area (Å²) in [6.45, 7) is 14.2. The molecule has 2 fully saturated rings. The molecule has 0 bridgehead atoms. The summed E-state index contributed by atoms with van der Waals surface area (Å²) in [6.07, 6.45) is -7.48. The average Bonchev–Trinajstić information content (AvgIpc) is 3.13. The highest BCUT2D eigenvalue weighted by Crippen LogP contribution is 2.40. The highest BCUT2D eigenvalue weighted by molar-refractivity contribution is 5.83. The number of ether oxygens (including phenoxy) is 6. The van der Waals surface area contributed by atoms with Gasteiger partial charge in [-0.3, -0.25) is 29.3 Å². The van der Waals surface area contributed by atoms with Crippen LogP contribution in [0.1, 0.15) is 87.1 Å². The number of rotatable bonds is 10. The molecule has 316 valence electrons. The number of carbonyl (C=O) groups is 4. The lowest BCUT2D eigenvalue weighted by atomic mass is 9.74. The number of hydrogen-bond donors (Lipinski definition) is 2. The molecule has 2 saturated heterocycles. The van der Waals surface area contributed by atoms with Crippen molar-refractivity contribution in [2.24, 2.45) is 23.7 Å². The van der Waals surface area contributed by atoms with Crippen molar-refractivity contribution in [3.63, 3.8) is 0 Å². The Balaban J connectivity index is 2.23. The molecule has 1 aromatic carbocycles. The molecule has 0 unspecified atom stereocenters. The molecule has 1 aromatic rings. The van der Waals surface area contributed by atoms with Crippen LogP contribution < -0.4 is 0 Å². The van der Waals surface area contributed by atoms with E-state index in [4.69, 9.17) is 28.4 Å². The number of non-ortho nitro benzene ring substituents is 1. The van der Waals surface area contributed by atoms with Gasteiger partial charge in [0.05, 0.1) is 47.2 Å². The number of methoxy groups -OCH3 is 1. The molecular weight excluding hydrogens is 732 g/mol. The van der Waals surface area contributed by atoms with Crippen LogP contribution in [-0.4, -0.2) is 125 Å². The molecule has 0 spiro atoms. The number of aliphatic hydroxyl groups is 2. The zero-order valence-corrected chi connectivity index (χ0v) is 34.8. The Kier molecular flexibility index (Phi) is 16.1. The minimum absolute atomic E-state index is 0.00759. The van der Waals surface area contributed by atoms with E-state index < -0.39 is 100 Å². The number of nitro groups is 1. The van der Waals surface area contributed by atoms with E-state index in [2.05, 4.69) is 0 Å². The van der Waals surface area contributed by atoms with Gasteiger partial charge in [0.15, 0.2) is 12.4 Å². The SMILES string of the molecule is CC[C@H]1OC(=O)[C@H](C)[C@@H](OC(=O)Cc2ccc([N+](=O)[O-])cc2)[C@H](C)[C@@H](O[C@@H]2O[C@H](C)C[C@H](N(C)C)[C@H]2OC(C)=O)[C@](C)(OC)C[C@@H](C)C(=O)[C@H](C)[C@@H](O)[C@]1(C)O. The van der Waals surface area contributed by atoms with E-state index in [0.29, 0.717) is 12.0 Å². The zero-order valence-electron chi connectivity index (χ0n) is 34.8. The van der Waals surface area contributed by atoms with Gasteiger partial charge in [-0.25, -0.2) is 0 Å².